The molecule has 1 aromatic carbocycles. The second-order valence-corrected chi connectivity index (χ2v) is 18.1. The van der Waals surface area contributed by atoms with Crippen molar-refractivity contribution >= 4 is 38.6 Å². The highest BCUT2D eigenvalue weighted by Crippen LogP contribution is 2.62. The molecule has 3 fully saturated rings. The van der Waals surface area contributed by atoms with Gasteiger partial charge in [-0.15, -0.1) is 0 Å². The Hall–Kier alpha value is -2.21. The van der Waals surface area contributed by atoms with Gasteiger partial charge in [-0.05, 0) is 142 Å². The molecule has 1 saturated heterocycles. The van der Waals surface area contributed by atoms with Crippen LogP contribution in [0.1, 0.15) is 128 Å². The van der Waals surface area contributed by atoms with Gasteiger partial charge in [0.25, 0.3) is 5.92 Å². The molecule has 4 aliphatic rings. The molecule has 1 aromatic rings. The van der Waals surface area contributed by atoms with Gasteiger partial charge in [-0.2, -0.15) is 12.6 Å². The summed E-state index contributed by atoms with van der Waals surface area (Å²) in [6.45, 7) is 11.5. The number of hydrogen-bond acceptors (Lipinski definition) is 7. The summed E-state index contributed by atoms with van der Waals surface area (Å²) in [4.78, 5) is 41.3. The molecule has 0 bridgehead atoms. The van der Waals surface area contributed by atoms with Crippen LogP contribution in [0.15, 0.2) is 12.1 Å². The minimum absolute atomic E-state index is 0.170. The normalized spacial score (nSPS) is 26.3. The van der Waals surface area contributed by atoms with E-state index in [4.69, 9.17) is 9.47 Å². The minimum Gasteiger partial charge on any atom is -0.493 e. The molecule has 302 valence electrons. The van der Waals surface area contributed by atoms with Crippen LogP contribution >= 0.6 is 12.6 Å². The number of rotatable bonds is 14. The maximum atomic E-state index is 13.4. The fourth-order valence-corrected chi connectivity index (χ4v) is 9.73. The number of Topliss-reactive ketones (excluding diaryl/α,β-unsaturated/α-hetero) is 1. The van der Waals surface area contributed by atoms with Gasteiger partial charge in [0.15, 0.2) is 11.5 Å². The van der Waals surface area contributed by atoms with E-state index in [1.54, 1.807) is 7.11 Å². The zero-order valence-electron chi connectivity index (χ0n) is 33.5. The first kappa shape index (κ1) is 44.5. The summed E-state index contributed by atoms with van der Waals surface area (Å²) < 4.78 is 48.1. The van der Waals surface area contributed by atoms with Crippen molar-refractivity contribution in [3.63, 3.8) is 0 Å². The molecule has 5 rings (SSSR count). The van der Waals surface area contributed by atoms with Crippen molar-refractivity contribution in [1.29, 1.82) is 0 Å². The van der Waals surface area contributed by atoms with Gasteiger partial charge < -0.3 is 24.1 Å². The Balaban J connectivity index is 0.000000571. The van der Waals surface area contributed by atoms with Crippen LogP contribution in [0.25, 0.3) is 0 Å². The number of aldehydes is 1. The number of ketones is 1. The fourth-order valence-electron chi connectivity index (χ4n) is 9.57. The first-order valence-corrected chi connectivity index (χ1v) is 20.8. The second-order valence-electron chi connectivity index (χ2n) is 17.7. The van der Waals surface area contributed by atoms with Gasteiger partial charge in [0, 0.05) is 43.8 Å². The summed E-state index contributed by atoms with van der Waals surface area (Å²) in [7, 11) is 8.18. The van der Waals surface area contributed by atoms with E-state index in [0.29, 0.717) is 72.3 Å². The average Bonchev–Trinajstić information content (AvgIpc) is 3.44. The lowest BCUT2D eigenvalue weighted by Gasteiger charge is -2.52. The van der Waals surface area contributed by atoms with Crippen molar-refractivity contribution in [3.8, 4) is 11.5 Å². The third-order valence-corrected chi connectivity index (χ3v) is 13.2. The van der Waals surface area contributed by atoms with Crippen LogP contribution in [-0.2, 0) is 16.0 Å². The molecule has 6 atom stereocenters. The average molecular weight is 777 g/mol. The third-order valence-electron chi connectivity index (χ3n) is 12.9. The minimum atomic E-state index is -3.39. The molecule has 2 saturated carbocycles. The quantitative estimate of drug-likeness (QED) is 0.0880. The number of benzene rings is 1. The molecule has 12 heteroatoms. The van der Waals surface area contributed by atoms with E-state index in [-0.39, 0.29) is 23.3 Å². The van der Waals surface area contributed by atoms with Crippen molar-refractivity contribution in [2.75, 3.05) is 39.5 Å². The highest BCUT2D eigenvalue weighted by Gasteiger charge is 2.57. The lowest BCUT2D eigenvalue weighted by molar-refractivity contribution is -0.130. The van der Waals surface area contributed by atoms with Gasteiger partial charge in [-0.3, -0.25) is 9.18 Å². The second kappa shape index (κ2) is 19.3. The Kier molecular flexibility index (Phi) is 15.9. The van der Waals surface area contributed by atoms with Crippen molar-refractivity contribution in [2.24, 2.45) is 28.6 Å². The number of piperidine rings is 1. The Bertz CT molecular complexity index is 1420. The number of methoxy groups -OCH3 is 1. The predicted octanol–water partition coefficient (Wildman–Crippen LogP) is 9.23. The smallest absolute Gasteiger partial charge is 0.415 e. The predicted molar refractivity (Wildman–Crippen MR) is 212 cm³/mol. The number of unbranched alkanes of at least 4 members (excludes halogenated alkanes) is 2. The number of hydrogen-bond donors (Lipinski definition) is 1. The summed E-state index contributed by atoms with van der Waals surface area (Å²) in [5.41, 5.74) is 2.73. The summed E-state index contributed by atoms with van der Waals surface area (Å²) >= 11 is 3.70. The molecule has 0 spiro atoms. The van der Waals surface area contributed by atoms with Gasteiger partial charge in [0.05, 0.1) is 7.11 Å². The van der Waals surface area contributed by atoms with E-state index in [0.717, 1.165) is 83.5 Å². The molecule has 3 aliphatic carbocycles. The van der Waals surface area contributed by atoms with Crippen molar-refractivity contribution < 1.29 is 37.0 Å². The molecule has 54 heavy (non-hydrogen) atoms. The number of carbonyl (C=O) groups excluding carboxylic acids is 3. The van der Waals surface area contributed by atoms with Crippen LogP contribution in [0.3, 0.4) is 0 Å². The van der Waals surface area contributed by atoms with Crippen LogP contribution < -0.4 is 9.47 Å². The Morgan fingerprint density at radius 2 is 1.81 bits per heavy atom. The SMILES string of the molecule is COc1cc2c(cc1OC(=O)N1CCC(N(C)CCCCC=O)CC1)C[C@@H](CCC(C)(C)C)C1C2CCC2(C)C(=O)CCC12.[B]C(F)C(F)(F)CCCS. The molecule has 1 amide bonds. The molecular formula is C42H64BF3N2O5S. The molecule has 0 aromatic heterocycles. The maximum absolute atomic E-state index is 13.4. The van der Waals surface area contributed by atoms with E-state index in [1.807, 2.05) is 4.90 Å². The standard InChI is InChI=1S/C37H56N2O5.C5H8BF3S/c1-36(2,3)16-12-25-22-26-23-32(44-35(42)39-19-14-27(15-20-39)38(5)18-8-7-9-21-40)31(43-6)24-29(26)28-13-17-37(4)30(34(25)28)10-11-33(37)41;6-4(7)5(8,9)2-1-3-10/h21,23-25,27-28,30,34H,7-20,22H2,1-6H3;4,10H,1-3H2/t25-,28?,30?,34?,37?;/m1./s1. The first-order valence-electron chi connectivity index (χ1n) is 20.2. The van der Waals surface area contributed by atoms with Crippen molar-refractivity contribution in [1.82, 2.24) is 9.80 Å². The highest BCUT2D eigenvalue weighted by atomic mass is 32.1. The van der Waals surface area contributed by atoms with Crippen LogP contribution in [-0.4, -0.2) is 93.4 Å². The fraction of sp³-hybridized carbons (Fsp3) is 0.786. The topological polar surface area (TPSA) is 76.2 Å². The molecule has 1 heterocycles. The summed E-state index contributed by atoms with van der Waals surface area (Å²) in [5.74, 6) is 0.470. The van der Waals surface area contributed by atoms with E-state index in [2.05, 4.69) is 72.3 Å². The third kappa shape index (κ3) is 11.0. The van der Waals surface area contributed by atoms with Crippen molar-refractivity contribution in [3.05, 3.63) is 23.3 Å². The highest BCUT2D eigenvalue weighted by molar-refractivity contribution is 7.80. The molecule has 2 radical (unpaired) electrons. The number of nitrogens with zero attached hydrogens (tertiary/aromatic N) is 2. The van der Waals surface area contributed by atoms with E-state index in [9.17, 15) is 27.6 Å². The zero-order chi connectivity index (χ0) is 39.8. The summed E-state index contributed by atoms with van der Waals surface area (Å²) in [6.07, 6.45) is 9.24. The summed E-state index contributed by atoms with van der Waals surface area (Å²) in [6, 6.07) is 4.69. The lowest BCUT2D eigenvalue weighted by atomic mass is 9.52. The monoisotopic (exact) mass is 776 g/mol. The Morgan fingerprint density at radius 3 is 2.43 bits per heavy atom. The Morgan fingerprint density at radius 1 is 1.11 bits per heavy atom. The summed E-state index contributed by atoms with van der Waals surface area (Å²) in [5, 5.41) is 0. The number of carbonyl (C=O) groups is 3. The molecule has 5 unspecified atom stereocenters. The van der Waals surface area contributed by atoms with Gasteiger partial charge in [0.2, 0.25) is 0 Å². The molecule has 7 nitrogen and oxygen atoms in total. The maximum Gasteiger partial charge on any atom is 0.415 e. The Labute approximate surface area is 329 Å². The zero-order valence-corrected chi connectivity index (χ0v) is 34.4. The van der Waals surface area contributed by atoms with Gasteiger partial charge in [-0.1, -0.05) is 27.7 Å². The van der Waals surface area contributed by atoms with Crippen LogP contribution in [0.2, 0.25) is 0 Å². The number of thiol groups is 1. The number of amides is 1. The van der Waals surface area contributed by atoms with Crippen molar-refractivity contribution in [2.45, 2.75) is 142 Å². The van der Waals surface area contributed by atoms with E-state index in [1.165, 1.54) is 11.1 Å². The van der Waals surface area contributed by atoms with E-state index < -0.39 is 18.4 Å². The van der Waals surface area contributed by atoms with Crippen LogP contribution in [0, 0.1) is 28.6 Å². The van der Waals surface area contributed by atoms with Gasteiger partial charge in [0.1, 0.15) is 26.0 Å². The largest absolute Gasteiger partial charge is 0.493 e. The number of ether oxygens (including phenoxy) is 2. The van der Waals surface area contributed by atoms with Gasteiger partial charge in [-0.25, -0.2) is 13.6 Å². The molecule has 0 N–H and O–H groups in total. The van der Waals surface area contributed by atoms with Crippen LogP contribution in [0.4, 0.5) is 18.0 Å². The molecular weight excluding hydrogens is 712 g/mol. The van der Waals surface area contributed by atoms with E-state index >= 15 is 0 Å². The lowest BCUT2D eigenvalue weighted by Crippen LogP contribution is -2.47. The number of halogens is 3. The van der Waals surface area contributed by atoms with Crippen LogP contribution in [0.5, 0.6) is 11.5 Å². The molecule has 1 aliphatic heterocycles. The number of alkyl halides is 3. The number of fused-ring (bicyclic) bond motifs is 5. The van der Waals surface area contributed by atoms with Gasteiger partial charge >= 0.3 is 6.09 Å². The first-order chi connectivity index (χ1) is 25.4. The number of likely N-dealkylation sites (tertiary alicyclic amines) is 1.